The number of hydrogen-bond acceptors (Lipinski definition) is 9. The van der Waals surface area contributed by atoms with E-state index >= 15 is 0 Å². The molecule has 1 heterocycles. The second-order valence-electron chi connectivity index (χ2n) is 9.33. The van der Waals surface area contributed by atoms with Crippen LogP contribution < -0.4 is 34.2 Å². The van der Waals surface area contributed by atoms with Gasteiger partial charge in [0.1, 0.15) is 35.6 Å². The first-order valence-corrected chi connectivity index (χ1v) is 13.1. The molecule has 0 saturated carbocycles. The largest absolute Gasteiger partial charge is 0.493 e. The van der Waals surface area contributed by atoms with Crippen molar-refractivity contribution in [3.8, 4) is 40.6 Å². The second-order valence-corrected chi connectivity index (χ2v) is 9.33. The Morgan fingerprint density at radius 2 is 1.63 bits per heavy atom. The van der Waals surface area contributed by atoms with Gasteiger partial charge in [-0.1, -0.05) is 42.5 Å². The van der Waals surface area contributed by atoms with E-state index in [1.807, 2.05) is 0 Å². The lowest BCUT2D eigenvalue weighted by atomic mass is 9.83. The highest BCUT2D eigenvalue weighted by atomic mass is 19.1. The Kier molecular flexibility index (Phi) is 8.63. The zero-order valence-corrected chi connectivity index (χ0v) is 23.3. The molecule has 0 radical (unpaired) electrons. The predicted molar refractivity (Wildman–Crippen MR) is 154 cm³/mol. The van der Waals surface area contributed by atoms with Gasteiger partial charge in [0.05, 0.1) is 20.1 Å². The lowest BCUT2D eigenvalue weighted by Gasteiger charge is -2.27. The Morgan fingerprint density at radius 1 is 0.907 bits per heavy atom. The Hall–Kier alpha value is -5.69. The maximum Gasteiger partial charge on any atom is 0.349 e. The highest BCUT2D eigenvalue weighted by Gasteiger charge is 2.32. The third-order valence-corrected chi connectivity index (χ3v) is 6.70. The first-order valence-electron chi connectivity index (χ1n) is 13.1. The van der Waals surface area contributed by atoms with Crippen LogP contribution >= 0.6 is 0 Å². The summed E-state index contributed by atoms with van der Waals surface area (Å²) in [5.74, 6) is 0.488. The maximum absolute atomic E-state index is 14.1. The summed E-state index contributed by atoms with van der Waals surface area (Å²) in [5.41, 5.74) is 8.05. The molecule has 0 aromatic heterocycles. The van der Waals surface area contributed by atoms with Gasteiger partial charge in [-0.25, -0.2) is 9.18 Å². The maximum atomic E-state index is 14.1. The summed E-state index contributed by atoms with van der Waals surface area (Å²) in [5, 5.41) is 9.95. The molecule has 2 N–H and O–H groups in total. The lowest BCUT2D eigenvalue weighted by Crippen LogP contribution is -2.22. The molecule has 0 bridgehead atoms. The van der Waals surface area contributed by atoms with E-state index in [1.54, 1.807) is 72.8 Å². The van der Waals surface area contributed by atoms with Crippen molar-refractivity contribution in [3.63, 3.8) is 0 Å². The number of carbonyl (C=O) groups is 1. The fourth-order valence-electron chi connectivity index (χ4n) is 4.63. The fraction of sp³-hybridized carbons (Fsp3) is 0.152. The van der Waals surface area contributed by atoms with E-state index in [0.29, 0.717) is 45.4 Å². The van der Waals surface area contributed by atoms with Crippen LogP contribution in [0, 0.1) is 17.1 Å². The number of para-hydroxylation sites is 2. The van der Waals surface area contributed by atoms with Crippen molar-refractivity contribution in [1.82, 2.24) is 0 Å². The van der Waals surface area contributed by atoms with Gasteiger partial charge >= 0.3 is 5.97 Å². The van der Waals surface area contributed by atoms with Crippen LogP contribution in [0.25, 0.3) is 0 Å². The summed E-state index contributed by atoms with van der Waals surface area (Å²) >= 11 is 0. The molecule has 4 aromatic carbocycles. The van der Waals surface area contributed by atoms with Crippen molar-refractivity contribution in [1.29, 1.82) is 5.26 Å². The number of esters is 1. The third kappa shape index (κ3) is 6.31. The van der Waals surface area contributed by atoms with Crippen LogP contribution in [0.1, 0.15) is 22.6 Å². The number of halogens is 1. The standard InChI is InChI=1S/C33H27FN2O7/c1-38-26-9-5-6-10-27(26)41-19-31(37)42-22-12-13-23-29(16-22)43-33(36)24(17-35)32(23)20-11-14-28(30(15-20)39-2)40-18-21-7-3-4-8-25(21)34/h3-16,32H,18-19,36H2,1-2H3. The quantitative estimate of drug-likeness (QED) is 0.187. The zero-order chi connectivity index (χ0) is 30.3. The van der Waals surface area contributed by atoms with E-state index in [2.05, 4.69) is 6.07 Å². The van der Waals surface area contributed by atoms with Crippen molar-refractivity contribution < 1.29 is 37.6 Å². The first-order chi connectivity index (χ1) is 20.9. The van der Waals surface area contributed by atoms with Gasteiger partial charge in [0.25, 0.3) is 0 Å². The number of carbonyl (C=O) groups excluding carboxylic acids is 1. The highest BCUT2D eigenvalue weighted by Crippen LogP contribution is 2.45. The Bertz CT molecular complexity index is 1730. The number of nitrogens with zero attached hydrogens (tertiary/aromatic N) is 1. The molecule has 4 aromatic rings. The SMILES string of the molecule is COc1ccccc1OCC(=O)Oc1ccc2c(c1)OC(N)=C(C#N)C2c1ccc(OCc2ccccc2F)c(OC)c1. The van der Waals surface area contributed by atoms with Crippen molar-refractivity contribution >= 4 is 5.97 Å². The summed E-state index contributed by atoms with van der Waals surface area (Å²) in [7, 11) is 2.99. The van der Waals surface area contributed by atoms with E-state index in [-0.39, 0.29) is 36.2 Å². The summed E-state index contributed by atoms with van der Waals surface area (Å²) in [6.45, 7) is -0.350. The van der Waals surface area contributed by atoms with E-state index < -0.39 is 11.9 Å². The number of rotatable bonds is 10. The molecule has 43 heavy (non-hydrogen) atoms. The van der Waals surface area contributed by atoms with Crippen LogP contribution in [-0.2, 0) is 11.4 Å². The van der Waals surface area contributed by atoms with Crippen LogP contribution in [0.3, 0.4) is 0 Å². The third-order valence-electron chi connectivity index (χ3n) is 6.70. The van der Waals surface area contributed by atoms with Crippen LogP contribution in [-0.4, -0.2) is 26.8 Å². The number of fused-ring (bicyclic) bond motifs is 1. The highest BCUT2D eigenvalue weighted by molar-refractivity contribution is 5.74. The predicted octanol–water partition coefficient (Wildman–Crippen LogP) is 5.62. The smallest absolute Gasteiger partial charge is 0.349 e. The molecule has 1 unspecified atom stereocenters. The topological polar surface area (TPSA) is 122 Å². The van der Waals surface area contributed by atoms with E-state index in [1.165, 1.54) is 26.4 Å². The van der Waals surface area contributed by atoms with Crippen molar-refractivity contribution in [3.05, 3.63) is 119 Å². The lowest BCUT2D eigenvalue weighted by molar-refractivity contribution is -0.136. The van der Waals surface area contributed by atoms with Crippen molar-refractivity contribution in [2.45, 2.75) is 12.5 Å². The first kappa shape index (κ1) is 28.8. The molecule has 218 valence electrons. The van der Waals surface area contributed by atoms with Crippen LogP contribution in [0.4, 0.5) is 4.39 Å². The number of hydrogen-bond donors (Lipinski definition) is 1. The monoisotopic (exact) mass is 582 g/mol. The molecule has 0 aliphatic carbocycles. The van der Waals surface area contributed by atoms with Gasteiger partial charge in [0.15, 0.2) is 29.6 Å². The molecule has 1 aliphatic rings. The van der Waals surface area contributed by atoms with E-state index in [0.717, 1.165) is 0 Å². The molecule has 9 nitrogen and oxygen atoms in total. The molecule has 0 amide bonds. The molecule has 5 rings (SSSR count). The normalized spacial score (nSPS) is 13.7. The minimum Gasteiger partial charge on any atom is -0.493 e. The number of nitrogens with two attached hydrogens (primary N) is 1. The second kappa shape index (κ2) is 12.9. The van der Waals surface area contributed by atoms with Gasteiger partial charge < -0.3 is 34.2 Å². The van der Waals surface area contributed by atoms with Gasteiger partial charge in [-0.2, -0.15) is 5.26 Å². The summed E-state index contributed by atoms with van der Waals surface area (Å²) in [4.78, 5) is 12.5. The average Bonchev–Trinajstić information content (AvgIpc) is 3.02. The molecular formula is C33H27FN2O7. The van der Waals surface area contributed by atoms with Crippen molar-refractivity contribution in [2.75, 3.05) is 20.8 Å². The number of ether oxygens (including phenoxy) is 6. The molecule has 1 atom stereocenters. The van der Waals surface area contributed by atoms with Crippen LogP contribution in [0.2, 0.25) is 0 Å². The van der Waals surface area contributed by atoms with Gasteiger partial charge in [-0.3, -0.25) is 0 Å². The van der Waals surface area contributed by atoms with Gasteiger partial charge in [-0.05, 0) is 42.0 Å². The Balaban J connectivity index is 1.36. The van der Waals surface area contributed by atoms with Gasteiger partial charge in [-0.15, -0.1) is 0 Å². The summed E-state index contributed by atoms with van der Waals surface area (Å²) in [6, 6.07) is 25.4. The number of allylic oxidation sites excluding steroid dienone is 1. The summed E-state index contributed by atoms with van der Waals surface area (Å²) < 4.78 is 47.4. The van der Waals surface area contributed by atoms with Crippen LogP contribution in [0.5, 0.6) is 34.5 Å². The van der Waals surface area contributed by atoms with E-state index in [4.69, 9.17) is 34.2 Å². The Morgan fingerprint density at radius 3 is 2.37 bits per heavy atom. The molecule has 0 fully saturated rings. The minimum atomic E-state index is -0.643. The minimum absolute atomic E-state index is 0.00418. The number of benzene rings is 4. The van der Waals surface area contributed by atoms with Crippen molar-refractivity contribution in [2.24, 2.45) is 5.73 Å². The number of nitriles is 1. The van der Waals surface area contributed by atoms with Gasteiger partial charge in [0.2, 0.25) is 5.88 Å². The van der Waals surface area contributed by atoms with Gasteiger partial charge in [0, 0.05) is 17.2 Å². The van der Waals surface area contributed by atoms with E-state index in [9.17, 15) is 14.4 Å². The molecule has 0 saturated heterocycles. The number of methoxy groups -OCH3 is 2. The molecule has 0 spiro atoms. The molecular weight excluding hydrogens is 555 g/mol. The van der Waals surface area contributed by atoms with Crippen LogP contribution in [0.15, 0.2) is 96.4 Å². The zero-order valence-electron chi connectivity index (χ0n) is 23.3. The average molecular weight is 583 g/mol. The molecule has 1 aliphatic heterocycles. The Labute approximate surface area is 247 Å². The fourth-order valence-corrected chi connectivity index (χ4v) is 4.63. The molecule has 10 heteroatoms. The summed E-state index contributed by atoms with van der Waals surface area (Å²) in [6.07, 6.45) is 0.